The van der Waals surface area contributed by atoms with Crippen LogP contribution in [-0.2, 0) is 19.1 Å². The Hall–Kier alpha value is -1.67. The molecule has 0 aromatic rings. The van der Waals surface area contributed by atoms with Crippen molar-refractivity contribution >= 4 is 17.7 Å². The summed E-state index contributed by atoms with van der Waals surface area (Å²) in [5.74, 6) is -1.84. The molecule has 6 atom stereocenters. The number of nitrogens with one attached hydrogen (secondary N) is 2. The molecule has 3 fully saturated rings. The van der Waals surface area contributed by atoms with E-state index in [9.17, 15) is 19.5 Å². The monoisotopic (exact) mass is 437 g/mol. The molecule has 0 aromatic heterocycles. The van der Waals surface area contributed by atoms with E-state index in [0.29, 0.717) is 32.4 Å². The zero-order valence-corrected chi connectivity index (χ0v) is 19.8. The topological polar surface area (TPSA) is 108 Å². The second kappa shape index (κ2) is 8.35. The van der Waals surface area contributed by atoms with E-state index in [4.69, 9.17) is 4.74 Å². The van der Waals surface area contributed by atoms with Crippen LogP contribution in [0.2, 0.25) is 0 Å². The smallest absolute Gasteiger partial charge is 0.246 e. The lowest BCUT2D eigenvalue weighted by Gasteiger charge is -2.36. The summed E-state index contributed by atoms with van der Waals surface area (Å²) < 4.78 is 6.62. The number of carbonyl (C=O) groups is 3. The van der Waals surface area contributed by atoms with Crippen LogP contribution in [0.5, 0.6) is 0 Å². The Kier molecular flexibility index (Phi) is 6.46. The molecular formula is C23H39N3O5. The van der Waals surface area contributed by atoms with Gasteiger partial charge in [-0.3, -0.25) is 14.4 Å². The molecule has 31 heavy (non-hydrogen) atoms. The summed E-state index contributed by atoms with van der Waals surface area (Å²) in [7, 11) is 0. The number of aliphatic hydroxyl groups excluding tert-OH is 1. The van der Waals surface area contributed by atoms with E-state index >= 15 is 0 Å². The Morgan fingerprint density at radius 3 is 2.52 bits per heavy atom. The van der Waals surface area contributed by atoms with E-state index in [-0.39, 0.29) is 30.2 Å². The molecule has 0 aromatic carbocycles. The lowest BCUT2D eigenvalue weighted by molar-refractivity contribution is -0.148. The minimum atomic E-state index is -1.01. The Morgan fingerprint density at radius 2 is 1.94 bits per heavy atom. The van der Waals surface area contributed by atoms with Crippen LogP contribution in [0, 0.1) is 17.8 Å². The van der Waals surface area contributed by atoms with Crippen molar-refractivity contribution in [3.05, 3.63) is 0 Å². The Bertz CT molecular complexity index is 735. The van der Waals surface area contributed by atoms with E-state index in [0.717, 1.165) is 6.42 Å². The summed E-state index contributed by atoms with van der Waals surface area (Å²) in [6, 6.07) is -0.781. The van der Waals surface area contributed by atoms with Gasteiger partial charge in [0.15, 0.2) is 0 Å². The fourth-order valence-corrected chi connectivity index (χ4v) is 5.87. The zero-order chi connectivity index (χ0) is 23.2. The quantitative estimate of drug-likeness (QED) is 0.495. The summed E-state index contributed by atoms with van der Waals surface area (Å²) in [6.07, 6.45) is 2.50. The average molecular weight is 438 g/mol. The third kappa shape index (κ3) is 3.86. The van der Waals surface area contributed by atoms with Crippen molar-refractivity contribution in [2.45, 2.75) is 90.0 Å². The van der Waals surface area contributed by atoms with Crippen LogP contribution in [-0.4, -0.2) is 70.2 Å². The molecule has 3 heterocycles. The maximum atomic E-state index is 13.7. The van der Waals surface area contributed by atoms with Crippen molar-refractivity contribution in [1.29, 1.82) is 0 Å². The fraction of sp³-hybridized carbons (Fsp3) is 0.870. The van der Waals surface area contributed by atoms with Gasteiger partial charge in [0, 0.05) is 25.2 Å². The molecule has 0 radical (unpaired) electrons. The van der Waals surface area contributed by atoms with Crippen molar-refractivity contribution < 1.29 is 24.2 Å². The van der Waals surface area contributed by atoms with Gasteiger partial charge in [-0.25, -0.2) is 0 Å². The predicted molar refractivity (Wildman–Crippen MR) is 116 cm³/mol. The zero-order valence-electron chi connectivity index (χ0n) is 19.8. The number of unbranched alkanes of at least 4 members (excludes halogenated alkanes) is 1. The first-order valence-electron chi connectivity index (χ1n) is 11.6. The highest BCUT2D eigenvalue weighted by molar-refractivity contribution is 5.99. The molecule has 8 nitrogen and oxygen atoms in total. The summed E-state index contributed by atoms with van der Waals surface area (Å²) in [4.78, 5) is 42.0. The first kappa shape index (κ1) is 24.0. The van der Waals surface area contributed by atoms with E-state index < -0.39 is 34.6 Å². The number of fused-ring (bicyclic) bond motifs is 1. The Morgan fingerprint density at radius 1 is 1.26 bits per heavy atom. The van der Waals surface area contributed by atoms with Gasteiger partial charge in [-0.1, -0.05) is 13.8 Å². The number of aliphatic hydroxyl groups is 1. The Labute approximate surface area is 185 Å². The van der Waals surface area contributed by atoms with Crippen molar-refractivity contribution in [3.63, 3.8) is 0 Å². The van der Waals surface area contributed by atoms with Crippen LogP contribution < -0.4 is 10.6 Å². The summed E-state index contributed by atoms with van der Waals surface area (Å²) in [5.41, 5.74) is -2.25. The summed E-state index contributed by atoms with van der Waals surface area (Å²) in [5, 5.41) is 15.2. The fourth-order valence-electron chi connectivity index (χ4n) is 5.87. The molecule has 176 valence electrons. The van der Waals surface area contributed by atoms with Gasteiger partial charge in [0.05, 0.1) is 17.4 Å². The molecule has 3 rings (SSSR count). The number of hydrogen-bond acceptors (Lipinski definition) is 5. The third-order valence-corrected chi connectivity index (χ3v) is 7.20. The van der Waals surface area contributed by atoms with Crippen LogP contribution in [0.25, 0.3) is 0 Å². The SMILES string of the molecule is CCCNC(=O)[C@H]1[C@H]2C(=O)N(CCCCO)C(C(=O)NC(C)(C)C)C23CC(C)[C@]1(C)O3. The molecule has 0 aliphatic carbocycles. The van der Waals surface area contributed by atoms with Gasteiger partial charge in [0.25, 0.3) is 0 Å². The summed E-state index contributed by atoms with van der Waals surface area (Å²) in [6.45, 7) is 12.6. The van der Waals surface area contributed by atoms with Crippen LogP contribution in [0.4, 0.5) is 0 Å². The highest BCUT2D eigenvalue weighted by Crippen LogP contribution is 2.65. The van der Waals surface area contributed by atoms with E-state index in [1.807, 2.05) is 41.5 Å². The highest BCUT2D eigenvalue weighted by Gasteiger charge is 2.79. The van der Waals surface area contributed by atoms with Crippen LogP contribution >= 0.6 is 0 Å². The normalized spacial score (nSPS) is 36.6. The molecular weight excluding hydrogens is 398 g/mol. The molecule has 3 amide bonds. The molecule has 3 N–H and O–H groups in total. The molecule has 3 unspecified atom stereocenters. The number of hydrogen-bond donors (Lipinski definition) is 3. The molecule has 3 aliphatic rings. The van der Waals surface area contributed by atoms with Gasteiger partial charge in [0.2, 0.25) is 17.7 Å². The van der Waals surface area contributed by atoms with Crippen molar-refractivity contribution in [3.8, 4) is 0 Å². The van der Waals surface area contributed by atoms with E-state index in [2.05, 4.69) is 10.6 Å². The number of likely N-dealkylation sites (tertiary alicyclic amines) is 1. The number of nitrogens with zero attached hydrogens (tertiary/aromatic N) is 1. The van der Waals surface area contributed by atoms with Gasteiger partial charge >= 0.3 is 0 Å². The lowest BCUT2D eigenvalue weighted by Crippen LogP contribution is -2.58. The number of amides is 3. The molecule has 3 aliphatic heterocycles. The minimum Gasteiger partial charge on any atom is -0.396 e. The predicted octanol–water partition coefficient (Wildman–Crippen LogP) is 1.21. The maximum Gasteiger partial charge on any atom is 0.246 e. The largest absolute Gasteiger partial charge is 0.396 e. The Balaban J connectivity index is 2.02. The molecule has 0 saturated carbocycles. The second-order valence-corrected chi connectivity index (χ2v) is 10.7. The lowest BCUT2D eigenvalue weighted by atomic mass is 9.62. The summed E-state index contributed by atoms with van der Waals surface area (Å²) >= 11 is 0. The van der Waals surface area contributed by atoms with E-state index in [1.165, 1.54) is 0 Å². The van der Waals surface area contributed by atoms with Gasteiger partial charge in [-0.15, -0.1) is 0 Å². The van der Waals surface area contributed by atoms with Gasteiger partial charge in [-0.2, -0.15) is 0 Å². The number of carbonyl (C=O) groups excluding carboxylic acids is 3. The van der Waals surface area contributed by atoms with Crippen LogP contribution in [0.15, 0.2) is 0 Å². The number of rotatable bonds is 8. The van der Waals surface area contributed by atoms with Gasteiger partial charge in [0.1, 0.15) is 11.6 Å². The van der Waals surface area contributed by atoms with Crippen LogP contribution in [0.3, 0.4) is 0 Å². The van der Waals surface area contributed by atoms with Crippen LogP contribution in [0.1, 0.15) is 67.2 Å². The first-order valence-corrected chi connectivity index (χ1v) is 11.6. The first-order chi connectivity index (χ1) is 14.4. The number of ether oxygens (including phenoxy) is 1. The van der Waals surface area contributed by atoms with E-state index in [1.54, 1.807) is 4.90 Å². The highest BCUT2D eigenvalue weighted by atomic mass is 16.5. The standard InChI is InChI=1S/C23H39N3O5/c1-7-10-24-18(28)15-16-20(30)26(11-8-9-12-27)17(19(29)25-21(3,4)5)23(16)13-14(2)22(15,6)31-23/h14-17,27H,7-13H2,1-6H3,(H,24,28)(H,25,29)/t14?,15-,16+,17?,22+,23?/m1/s1. The second-order valence-electron chi connectivity index (χ2n) is 10.7. The molecule has 8 heteroatoms. The molecule has 3 saturated heterocycles. The van der Waals surface area contributed by atoms with Gasteiger partial charge in [-0.05, 0) is 59.3 Å². The van der Waals surface area contributed by atoms with Crippen molar-refractivity contribution in [2.24, 2.45) is 17.8 Å². The van der Waals surface area contributed by atoms with Crippen molar-refractivity contribution in [1.82, 2.24) is 15.5 Å². The molecule has 1 spiro atoms. The average Bonchev–Trinajstić information content (AvgIpc) is 3.16. The van der Waals surface area contributed by atoms with Gasteiger partial charge < -0.3 is 25.4 Å². The minimum absolute atomic E-state index is 0.0309. The maximum absolute atomic E-state index is 13.7. The third-order valence-electron chi connectivity index (χ3n) is 7.20. The molecule has 2 bridgehead atoms. The van der Waals surface area contributed by atoms with Crippen molar-refractivity contribution in [2.75, 3.05) is 19.7 Å².